The number of carbonyl (C=O) groups is 1. The quantitative estimate of drug-likeness (QED) is 0.776. The molecule has 160 valence electrons. The van der Waals surface area contributed by atoms with E-state index in [0.29, 0.717) is 0 Å². The summed E-state index contributed by atoms with van der Waals surface area (Å²) in [5.41, 5.74) is 1.05. The number of rotatable bonds is 3. The molecule has 0 aliphatic carbocycles. The highest BCUT2D eigenvalue weighted by Gasteiger charge is 2.38. The number of aromatic nitrogens is 2. The van der Waals surface area contributed by atoms with Crippen LogP contribution in [0.1, 0.15) is 30.7 Å². The number of hydrogen-bond acceptors (Lipinski definition) is 6. The molecule has 6 nitrogen and oxygen atoms in total. The van der Waals surface area contributed by atoms with Crippen LogP contribution in [0.2, 0.25) is 0 Å². The van der Waals surface area contributed by atoms with Crippen LogP contribution in [0.15, 0.2) is 18.3 Å². The predicted molar refractivity (Wildman–Crippen MR) is 105 cm³/mol. The molecule has 2 N–H and O–H groups in total. The minimum absolute atomic E-state index is 0.892. The Morgan fingerprint density at radius 2 is 2.00 bits per heavy atom. The first kappa shape index (κ1) is 21.9. The molecule has 2 aromatic heterocycles. The first-order valence-corrected chi connectivity index (χ1v) is 10.6. The lowest BCUT2D eigenvalue weighted by Crippen LogP contribution is -2.41. The van der Waals surface area contributed by atoms with Crippen molar-refractivity contribution < 1.29 is 23.1 Å². The summed E-state index contributed by atoms with van der Waals surface area (Å²) in [7, 11) is 0. The van der Waals surface area contributed by atoms with Gasteiger partial charge in [0, 0.05) is 12.7 Å². The Morgan fingerprint density at radius 1 is 1.28 bits per heavy atom. The number of likely N-dealkylation sites (tertiary alicyclic amines) is 1. The van der Waals surface area contributed by atoms with E-state index in [0.717, 1.165) is 28.7 Å². The minimum atomic E-state index is -5.08. The van der Waals surface area contributed by atoms with E-state index in [1.165, 1.54) is 56.9 Å². The van der Waals surface area contributed by atoms with E-state index in [9.17, 15) is 13.2 Å². The molecule has 2 saturated heterocycles. The molecule has 4 heterocycles. The van der Waals surface area contributed by atoms with Crippen molar-refractivity contribution in [3.8, 4) is 0 Å². The van der Waals surface area contributed by atoms with Gasteiger partial charge in [0.2, 0.25) is 0 Å². The van der Waals surface area contributed by atoms with Gasteiger partial charge in [0.1, 0.15) is 15.4 Å². The fourth-order valence-corrected chi connectivity index (χ4v) is 4.96. The zero-order valence-electron chi connectivity index (χ0n) is 16.0. The van der Waals surface area contributed by atoms with Crippen molar-refractivity contribution in [1.29, 1.82) is 0 Å². The maximum Gasteiger partial charge on any atom is 0.490 e. The van der Waals surface area contributed by atoms with Crippen LogP contribution in [0.3, 0.4) is 0 Å². The number of aliphatic carboxylic acids is 1. The Bertz CT molecular complexity index is 775. The average molecular weight is 430 g/mol. The Kier molecular flexibility index (Phi) is 7.42. The summed E-state index contributed by atoms with van der Waals surface area (Å²) in [6.07, 6.45) is 2.27. The Morgan fingerprint density at radius 3 is 2.66 bits per heavy atom. The number of pyridine rings is 1. The van der Waals surface area contributed by atoms with Gasteiger partial charge in [-0.25, -0.2) is 14.8 Å². The third-order valence-electron chi connectivity index (χ3n) is 5.40. The molecule has 0 saturated carbocycles. The molecule has 10 heteroatoms. The molecule has 2 fully saturated rings. The lowest BCUT2D eigenvalue weighted by molar-refractivity contribution is -0.192. The standard InChI is InChI=1S/C17H24N4S.C2HF3O2/c1-4-15-17(19-7-1)22-16(20-15)12-21-10-2-3-14(11-21)13-5-8-18-9-6-13;3-2(4,5)1(6)7/h1,4,7,13-14,18H,2-3,5-6,8-12H2;(H,6,7). The third-order valence-corrected chi connectivity index (χ3v) is 6.37. The van der Waals surface area contributed by atoms with E-state index in [2.05, 4.69) is 21.3 Å². The second-order valence-corrected chi connectivity index (χ2v) is 8.53. The molecule has 1 atom stereocenters. The molecule has 29 heavy (non-hydrogen) atoms. The summed E-state index contributed by atoms with van der Waals surface area (Å²) < 4.78 is 31.7. The first-order chi connectivity index (χ1) is 13.8. The van der Waals surface area contributed by atoms with Crippen molar-refractivity contribution in [3.63, 3.8) is 0 Å². The Hall–Kier alpha value is -1.78. The molecule has 0 radical (unpaired) electrons. The highest BCUT2D eigenvalue weighted by atomic mass is 32.1. The number of nitrogens with zero attached hydrogens (tertiary/aromatic N) is 3. The number of carboxylic acid groups (broad SMARTS) is 1. The van der Waals surface area contributed by atoms with Crippen LogP contribution >= 0.6 is 11.3 Å². The fourth-order valence-electron chi connectivity index (χ4n) is 4.01. The Labute approximate surface area is 171 Å². The van der Waals surface area contributed by atoms with Crippen LogP contribution in [0, 0.1) is 11.8 Å². The summed E-state index contributed by atoms with van der Waals surface area (Å²) in [5.74, 6) is -0.933. The van der Waals surface area contributed by atoms with Gasteiger partial charge >= 0.3 is 12.1 Å². The topological polar surface area (TPSA) is 78.3 Å². The largest absolute Gasteiger partial charge is 0.490 e. The summed E-state index contributed by atoms with van der Waals surface area (Å²) in [6.45, 7) is 5.91. The van der Waals surface area contributed by atoms with Gasteiger partial charge in [0.15, 0.2) is 0 Å². The summed E-state index contributed by atoms with van der Waals surface area (Å²) >= 11 is 1.75. The van der Waals surface area contributed by atoms with Gasteiger partial charge in [-0.1, -0.05) is 11.3 Å². The van der Waals surface area contributed by atoms with Gasteiger partial charge in [0.05, 0.1) is 6.54 Å². The number of fused-ring (bicyclic) bond motifs is 1. The minimum Gasteiger partial charge on any atom is -0.475 e. The summed E-state index contributed by atoms with van der Waals surface area (Å²) in [5, 5.41) is 11.8. The van der Waals surface area contributed by atoms with Crippen LogP contribution < -0.4 is 5.32 Å². The number of hydrogen-bond donors (Lipinski definition) is 2. The summed E-state index contributed by atoms with van der Waals surface area (Å²) in [6, 6.07) is 4.04. The van der Waals surface area contributed by atoms with E-state index in [1.54, 1.807) is 11.3 Å². The monoisotopic (exact) mass is 430 g/mol. The van der Waals surface area contributed by atoms with E-state index in [1.807, 2.05) is 12.3 Å². The van der Waals surface area contributed by atoms with Gasteiger partial charge < -0.3 is 10.4 Å². The summed E-state index contributed by atoms with van der Waals surface area (Å²) in [4.78, 5) is 21.8. The van der Waals surface area contributed by atoms with Crippen molar-refractivity contribution in [2.24, 2.45) is 11.8 Å². The van der Waals surface area contributed by atoms with Gasteiger partial charge in [0.25, 0.3) is 0 Å². The van der Waals surface area contributed by atoms with Crippen LogP contribution in [0.4, 0.5) is 13.2 Å². The van der Waals surface area contributed by atoms with Gasteiger partial charge in [-0.15, -0.1) is 0 Å². The molecule has 0 amide bonds. The normalized spacial score (nSPS) is 21.6. The SMILES string of the molecule is O=C(O)C(F)(F)F.c1cnc2sc(CN3CCCC(C4CCNCC4)C3)nc2c1. The first-order valence-electron chi connectivity index (χ1n) is 9.76. The number of thiazole rings is 1. The lowest BCUT2D eigenvalue weighted by Gasteiger charge is -2.38. The molecule has 0 bridgehead atoms. The van der Waals surface area contributed by atoms with Gasteiger partial charge in [-0.2, -0.15) is 13.2 Å². The molecule has 1 unspecified atom stereocenters. The molecule has 2 aromatic rings. The van der Waals surface area contributed by atoms with Crippen LogP contribution in [-0.2, 0) is 11.3 Å². The van der Waals surface area contributed by atoms with Crippen molar-refractivity contribution in [1.82, 2.24) is 20.2 Å². The van der Waals surface area contributed by atoms with Crippen LogP contribution in [-0.4, -0.2) is 58.3 Å². The average Bonchev–Trinajstić information content (AvgIpc) is 3.11. The number of halogens is 3. The number of carboxylic acids is 1. The highest BCUT2D eigenvalue weighted by molar-refractivity contribution is 7.18. The van der Waals surface area contributed by atoms with Crippen LogP contribution in [0.25, 0.3) is 10.3 Å². The zero-order chi connectivity index (χ0) is 20.9. The third kappa shape index (κ3) is 6.35. The second-order valence-electron chi connectivity index (χ2n) is 7.46. The smallest absolute Gasteiger partial charge is 0.475 e. The maximum absolute atomic E-state index is 10.6. The molecule has 2 aliphatic heterocycles. The predicted octanol–water partition coefficient (Wildman–Crippen LogP) is 3.54. The van der Waals surface area contributed by atoms with E-state index in [4.69, 9.17) is 14.9 Å². The number of alkyl halides is 3. The maximum atomic E-state index is 10.6. The second kappa shape index (κ2) is 9.82. The molecule has 2 aliphatic rings. The fraction of sp³-hybridized carbons (Fsp3) is 0.632. The molecule has 4 rings (SSSR count). The van der Waals surface area contributed by atoms with E-state index >= 15 is 0 Å². The zero-order valence-corrected chi connectivity index (χ0v) is 16.8. The molecule has 0 aromatic carbocycles. The lowest BCUT2D eigenvalue weighted by atomic mass is 9.80. The van der Waals surface area contributed by atoms with Crippen LogP contribution in [0.5, 0.6) is 0 Å². The molecular formula is C19H25F3N4O2S. The van der Waals surface area contributed by atoms with Gasteiger partial charge in [-0.05, 0) is 69.3 Å². The Balaban J connectivity index is 0.000000298. The number of nitrogens with one attached hydrogen (secondary N) is 1. The van der Waals surface area contributed by atoms with Crippen molar-refractivity contribution >= 4 is 27.7 Å². The van der Waals surface area contributed by atoms with E-state index < -0.39 is 12.1 Å². The number of piperidine rings is 2. The molecular weight excluding hydrogens is 405 g/mol. The van der Waals surface area contributed by atoms with Gasteiger partial charge in [-0.3, -0.25) is 4.90 Å². The van der Waals surface area contributed by atoms with Crippen molar-refractivity contribution in [2.45, 2.75) is 38.4 Å². The van der Waals surface area contributed by atoms with E-state index in [-0.39, 0.29) is 0 Å². The molecule has 0 spiro atoms. The van der Waals surface area contributed by atoms with Crippen molar-refractivity contribution in [2.75, 3.05) is 26.2 Å². The highest BCUT2D eigenvalue weighted by Crippen LogP contribution is 2.31. The van der Waals surface area contributed by atoms with Crippen molar-refractivity contribution in [3.05, 3.63) is 23.3 Å².